The number of rotatable bonds is 5. The summed E-state index contributed by atoms with van der Waals surface area (Å²) < 4.78 is 0. The van der Waals surface area contributed by atoms with Crippen LogP contribution in [0.3, 0.4) is 0 Å². The summed E-state index contributed by atoms with van der Waals surface area (Å²) in [6.07, 6.45) is 2.96. The predicted molar refractivity (Wildman–Crippen MR) is 74.0 cm³/mol. The Hall–Kier alpha value is -1.26. The number of amides is 2. The Morgan fingerprint density at radius 2 is 2.11 bits per heavy atom. The predicted octanol–water partition coefficient (Wildman–Crippen LogP) is 2.32. The highest BCUT2D eigenvalue weighted by molar-refractivity contribution is 5.74. The first kappa shape index (κ1) is 15.8. The standard InChI is InChI=1S/C14H26N2O3/c1-4-12(8-13(17)18)9-15-14(19)16-6-5-10(2)7-11(16)3/h10-12H,4-9H2,1-3H3,(H,15,19)(H,17,18). The maximum absolute atomic E-state index is 12.1. The number of urea groups is 1. The van der Waals surface area contributed by atoms with Gasteiger partial charge >= 0.3 is 12.0 Å². The van der Waals surface area contributed by atoms with E-state index in [4.69, 9.17) is 5.11 Å². The lowest BCUT2D eigenvalue weighted by Crippen LogP contribution is -2.49. The smallest absolute Gasteiger partial charge is 0.317 e. The number of likely N-dealkylation sites (tertiary alicyclic amines) is 1. The van der Waals surface area contributed by atoms with Crippen LogP contribution in [0.15, 0.2) is 0 Å². The Labute approximate surface area is 115 Å². The third kappa shape index (κ3) is 5.09. The number of hydrogen-bond donors (Lipinski definition) is 2. The molecule has 0 spiro atoms. The van der Waals surface area contributed by atoms with Crippen molar-refractivity contribution in [1.82, 2.24) is 10.2 Å². The first-order chi connectivity index (χ1) is 8.93. The van der Waals surface area contributed by atoms with Gasteiger partial charge in [-0.15, -0.1) is 0 Å². The van der Waals surface area contributed by atoms with Gasteiger partial charge in [-0.2, -0.15) is 0 Å². The molecule has 110 valence electrons. The number of nitrogens with zero attached hydrogens (tertiary/aromatic N) is 1. The molecule has 0 aromatic rings. The lowest BCUT2D eigenvalue weighted by Gasteiger charge is -2.36. The van der Waals surface area contributed by atoms with Gasteiger partial charge in [-0.3, -0.25) is 4.79 Å². The second-order valence-corrected chi connectivity index (χ2v) is 5.73. The molecule has 0 aliphatic carbocycles. The van der Waals surface area contributed by atoms with E-state index in [2.05, 4.69) is 19.2 Å². The molecule has 0 saturated carbocycles. The first-order valence-electron chi connectivity index (χ1n) is 7.20. The van der Waals surface area contributed by atoms with Crippen molar-refractivity contribution in [3.63, 3.8) is 0 Å². The molecule has 0 bridgehead atoms. The number of carbonyl (C=O) groups excluding carboxylic acids is 1. The Morgan fingerprint density at radius 3 is 2.63 bits per heavy atom. The largest absolute Gasteiger partial charge is 0.481 e. The van der Waals surface area contributed by atoms with Crippen molar-refractivity contribution in [2.75, 3.05) is 13.1 Å². The Balaban J connectivity index is 2.39. The van der Waals surface area contributed by atoms with E-state index in [0.29, 0.717) is 12.5 Å². The van der Waals surface area contributed by atoms with Crippen LogP contribution in [0.2, 0.25) is 0 Å². The first-order valence-corrected chi connectivity index (χ1v) is 7.20. The van der Waals surface area contributed by atoms with Gasteiger partial charge in [0, 0.05) is 25.6 Å². The molecule has 19 heavy (non-hydrogen) atoms. The highest BCUT2D eigenvalue weighted by Gasteiger charge is 2.26. The van der Waals surface area contributed by atoms with Crippen molar-refractivity contribution < 1.29 is 14.7 Å². The van der Waals surface area contributed by atoms with Gasteiger partial charge < -0.3 is 15.3 Å². The van der Waals surface area contributed by atoms with E-state index >= 15 is 0 Å². The summed E-state index contributed by atoms with van der Waals surface area (Å²) in [6.45, 7) is 7.48. The summed E-state index contributed by atoms with van der Waals surface area (Å²) >= 11 is 0. The van der Waals surface area contributed by atoms with Crippen LogP contribution >= 0.6 is 0 Å². The molecular formula is C14H26N2O3. The molecule has 3 unspecified atom stereocenters. The fraction of sp³-hybridized carbons (Fsp3) is 0.857. The van der Waals surface area contributed by atoms with E-state index in [0.717, 1.165) is 25.8 Å². The van der Waals surface area contributed by atoms with E-state index in [9.17, 15) is 9.59 Å². The molecule has 0 radical (unpaired) electrons. The molecule has 5 nitrogen and oxygen atoms in total. The van der Waals surface area contributed by atoms with Crippen LogP contribution in [0.1, 0.15) is 46.5 Å². The van der Waals surface area contributed by atoms with Crippen LogP contribution < -0.4 is 5.32 Å². The van der Waals surface area contributed by atoms with E-state index < -0.39 is 5.97 Å². The van der Waals surface area contributed by atoms with Gasteiger partial charge in [0.2, 0.25) is 0 Å². The molecule has 2 amide bonds. The average Bonchev–Trinajstić information content (AvgIpc) is 2.33. The minimum atomic E-state index is -0.804. The van der Waals surface area contributed by atoms with Crippen LogP contribution in [-0.4, -0.2) is 41.1 Å². The Kier molecular flexibility index (Phi) is 6.12. The Morgan fingerprint density at radius 1 is 1.42 bits per heavy atom. The topological polar surface area (TPSA) is 69.6 Å². The van der Waals surface area contributed by atoms with Gasteiger partial charge in [0.25, 0.3) is 0 Å². The zero-order valence-electron chi connectivity index (χ0n) is 12.2. The van der Waals surface area contributed by atoms with E-state index in [1.54, 1.807) is 0 Å². The fourth-order valence-corrected chi connectivity index (χ4v) is 2.65. The summed E-state index contributed by atoms with van der Waals surface area (Å²) in [5.74, 6) is -0.115. The van der Waals surface area contributed by atoms with Crippen LogP contribution in [0, 0.1) is 11.8 Å². The molecule has 1 heterocycles. The lowest BCUT2D eigenvalue weighted by atomic mass is 9.94. The number of aliphatic carboxylic acids is 1. The van der Waals surface area contributed by atoms with Crippen LogP contribution in [0.4, 0.5) is 4.79 Å². The van der Waals surface area contributed by atoms with Gasteiger partial charge in [0.15, 0.2) is 0 Å². The number of piperidine rings is 1. The monoisotopic (exact) mass is 270 g/mol. The molecule has 1 fully saturated rings. The molecule has 0 aromatic carbocycles. The molecule has 1 rings (SSSR count). The summed E-state index contributed by atoms with van der Waals surface area (Å²) in [5.41, 5.74) is 0. The van der Waals surface area contributed by atoms with Crippen molar-refractivity contribution >= 4 is 12.0 Å². The Bertz CT molecular complexity index is 320. The van der Waals surface area contributed by atoms with E-state index in [-0.39, 0.29) is 24.4 Å². The number of hydrogen-bond acceptors (Lipinski definition) is 2. The molecule has 2 N–H and O–H groups in total. The van der Waals surface area contributed by atoms with Crippen molar-refractivity contribution in [2.45, 2.75) is 52.5 Å². The third-order valence-corrected chi connectivity index (χ3v) is 3.98. The average molecular weight is 270 g/mol. The summed E-state index contributed by atoms with van der Waals surface area (Å²) in [6, 6.07) is 0.214. The fourth-order valence-electron chi connectivity index (χ4n) is 2.65. The zero-order chi connectivity index (χ0) is 14.4. The molecular weight excluding hydrogens is 244 g/mol. The second-order valence-electron chi connectivity index (χ2n) is 5.73. The van der Waals surface area contributed by atoms with Crippen molar-refractivity contribution in [1.29, 1.82) is 0 Å². The number of carboxylic acid groups (broad SMARTS) is 1. The zero-order valence-corrected chi connectivity index (χ0v) is 12.2. The van der Waals surface area contributed by atoms with E-state index in [1.165, 1.54) is 0 Å². The highest BCUT2D eigenvalue weighted by Crippen LogP contribution is 2.22. The summed E-state index contributed by atoms with van der Waals surface area (Å²) in [4.78, 5) is 24.6. The lowest BCUT2D eigenvalue weighted by molar-refractivity contribution is -0.138. The van der Waals surface area contributed by atoms with Crippen LogP contribution in [0.25, 0.3) is 0 Å². The molecule has 1 aliphatic heterocycles. The van der Waals surface area contributed by atoms with Gasteiger partial charge in [-0.25, -0.2) is 4.79 Å². The number of carboxylic acids is 1. The van der Waals surface area contributed by atoms with Gasteiger partial charge in [-0.1, -0.05) is 20.3 Å². The van der Waals surface area contributed by atoms with E-state index in [1.807, 2.05) is 11.8 Å². The maximum Gasteiger partial charge on any atom is 0.317 e. The van der Waals surface area contributed by atoms with Crippen molar-refractivity contribution in [3.05, 3.63) is 0 Å². The number of nitrogens with one attached hydrogen (secondary N) is 1. The van der Waals surface area contributed by atoms with Crippen molar-refractivity contribution in [2.24, 2.45) is 11.8 Å². The minimum Gasteiger partial charge on any atom is -0.481 e. The maximum atomic E-state index is 12.1. The summed E-state index contributed by atoms with van der Waals surface area (Å²) in [5, 5.41) is 11.7. The minimum absolute atomic E-state index is 0.0143. The van der Waals surface area contributed by atoms with Gasteiger partial charge in [0.1, 0.15) is 0 Å². The molecule has 1 saturated heterocycles. The second kappa shape index (κ2) is 7.36. The van der Waals surface area contributed by atoms with Crippen LogP contribution in [0.5, 0.6) is 0 Å². The van der Waals surface area contributed by atoms with Gasteiger partial charge in [0.05, 0.1) is 0 Å². The number of carbonyl (C=O) groups is 2. The SMILES string of the molecule is CCC(CNC(=O)N1CCC(C)CC1C)CC(=O)O. The molecule has 3 atom stereocenters. The quantitative estimate of drug-likeness (QED) is 0.805. The summed E-state index contributed by atoms with van der Waals surface area (Å²) in [7, 11) is 0. The van der Waals surface area contributed by atoms with Crippen LogP contribution in [-0.2, 0) is 4.79 Å². The van der Waals surface area contributed by atoms with Gasteiger partial charge in [-0.05, 0) is 31.6 Å². The third-order valence-electron chi connectivity index (χ3n) is 3.98. The highest BCUT2D eigenvalue weighted by atomic mass is 16.4. The molecule has 5 heteroatoms. The molecule has 1 aliphatic rings. The van der Waals surface area contributed by atoms with Crippen molar-refractivity contribution in [3.8, 4) is 0 Å². The normalized spacial score (nSPS) is 24.9. The molecule has 0 aromatic heterocycles.